The van der Waals surface area contributed by atoms with E-state index >= 15 is 0 Å². The van der Waals surface area contributed by atoms with Gasteiger partial charge in [-0.2, -0.15) is 0 Å². The van der Waals surface area contributed by atoms with Gasteiger partial charge in [0.1, 0.15) is 0 Å². The number of aromatic nitrogens is 1. The maximum absolute atomic E-state index is 3.97. The number of rotatable bonds is 3. The summed E-state index contributed by atoms with van der Waals surface area (Å²) in [4.78, 5) is 0. The molecule has 0 radical (unpaired) electrons. The number of nitrogens with one attached hydrogen (secondary N) is 1. The normalized spacial score (nSPS) is 12.3. The predicted molar refractivity (Wildman–Crippen MR) is 197 cm³/mol. The average Bonchev–Trinajstić information content (AvgIpc) is 3.63. The van der Waals surface area contributed by atoms with Crippen LogP contribution < -0.4 is 16.2 Å². The highest BCUT2D eigenvalue weighted by molar-refractivity contribution is 7.26. The number of para-hydroxylation sites is 3. The van der Waals surface area contributed by atoms with Crippen LogP contribution in [0.4, 0.5) is 11.4 Å². The lowest BCUT2D eigenvalue weighted by Gasteiger charge is -2.26. The summed E-state index contributed by atoms with van der Waals surface area (Å²) in [6.07, 6.45) is 0. The van der Waals surface area contributed by atoms with E-state index in [2.05, 4.69) is 150 Å². The van der Waals surface area contributed by atoms with Crippen LogP contribution in [0.5, 0.6) is 0 Å². The standard InChI is InChI=1S/C41H27BN2S/c1-24-11-2-7-18-34(24)43-38-29(21-22-31-28-15-6-9-20-36(28)45-41(31)38)32-23-25-12-3-4-13-26(25)40-37(32)42-33-17-10-16-30-27-14-5-8-19-35(27)44(40)39(30)33/h2-23,42-43H,1H3. The topological polar surface area (TPSA) is 17.0 Å². The Bertz CT molecular complexity index is 2680. The van der Waals surface area contributed by atoms with Crippen LogP contribution in [0.15, 0.2) is 133 Å². The molecule has 7 aromatic carbocycles. The lowest BCUT2D eigenvalue weighted by Crippen LogP contribution is -2.37. The molecule has 45 heavy (non-hydrogen) atoms. The van der Waals surface area contributed by atoms with Gasteiger partial charge in [-0.05, 0) is 53.2 Å². The lowest BCUT2D eigenvalue weighted by atomic mass is 9.58. The van der Waals surface area contributed by atoms with Crippen LogP contribution in [0.3, 0.4) is 0 Å². The van der Waals surface area contributed by atoms with E-state index in [4.69, 9.17) is 0 Å². The van der Waals surface area contributed by atoms with Crippen LogP contribution in [-0.2, 0) is 0 Å². The van der Waals surface area contributed by atoms with E-state index in [0.29, 0.717) is 0 Å². The Hall–Kier alpha value is -5.32. The maximum atomic E-state index is 3.97. The molecule has 4 heteroatoms. The molecule has 0 unspecified atom stereocenters. The Morgan fingerprint density at radius 3 is 2.29 bits per heavy atom. The fraction of sp³-hybridized carbons (Fsp3) is 0.0244. The summed E-state index contributed by atoms with van der Waals surface area (Å²) in [6.45, 7) is 2.18. The van der Waals surface area contributed by atoms with Gasteiger partial charge in [-0.25, -0.2) is 0 Å². The van der Waals surface area contributed by atoms with Crippen molar-refractivity contribution in [2.75, 3.05) is 5.32 Å². The van der Waals surface area contributed by atoms with Crippen molar-refractivity contribution >= 4 is 93.7 Å². The molecular weight excluding hydrogens is 563 g/mol. The van der Waals surface area contributed by atoms with Crippen molar-refractivity contribution in [1.82, 2.24) is 4.57 Å². The Kier molecular flexibility index (Phi) is 5.20. The molecule has 0 amide bonds. The zero-order valence-corrected chi connectivity index (χ0v) is 25.6. The largest absolute Gasteiger partial charge is 0.354 e. The Labute approximate surface area is 265 Å². The Morgan fingerprint density at radius 1 is 0.622 bits per heavy atom. The van der Waals surface area contributed by atoms with Gasteiger partial charge in [0.15, 0.2) is 7.28 Å². The fourth-order valence-electron chi connectivity index (χ4n) is 7.69. The second-order valence-electron chi connectivity index (χ2n) is 12.2. The third-order valence-electron chi connectivity index (χ3n) is 9.74. The van der Waals surface area contributed by atoms with Crippen molar-refractivity contribution in [2.24, 2.45) is 0 Å². The molecule has 0 fully saturated rings. The van der Waals surface area contributed by atoms with E-state index in [1.165, 1.54) is 91.7 Å². The van der Waals surface area contributed by atoms with Gasteiger partial charge in [-0.15, -0.1) is 11.3 Å². The molecular formula is C41H27BN2S. The minimum atomic E-state index is 0.886. The van der Waals surface area contributed by atoms with Crippen LogP contribution in [0.1, 0.15) is 5.56 Å². The maximum Gasteiger partial charge on any atom is 0.198 e. The number of hydrogen-bond acceptors (Lipinski definition) is 2. The number of anilines is 2. The van der Waals surface area contributed by atoms with Crippen molar-refractivity contribution in [2.45, 2.75) is 6.92 Å². The summed E-state index contributed by atoms with van der Waals surface area (Å²) < 4.78 is 5.16. The third kappa shape index (κ3) is 3.52. The SMILES string of the molecule is Cc1ccccc1Nc1c(-c2cc3ccccc3c3c2Bc2cccc4c5ccccc5n-3c24)ccc2c1sc1ccccc12. The van der Waals surface area contributed by atoms with Crippen LogP contribution >= 0.6 is 11.3 Å². The van der Waals surface area contributed by atoms with E-state index in [0.717, 1.165) is 13.0 Å². The van der Waals surface area contributed by atoms with Crippen LogP contribution in [0, 0.1) is 6.92 Å². The van der Waals surface area contributed by atoms with Crippen LogP contribution in [0.25, 0.3) is 69.6 Å². The van der Waals surface area contributed by atoms with E-state index in [-0.39, 0.29) is 0 Å². The molecule has 0 saturated carbocycles. The lowest BCUT2D eigenvalue weighted by molar-refractivity contribution is 1.21. The van der Waals surface area contributed by atoms with E-state index in [1.54, 1.807) is 0 Å². The summed E-state index contributed by atoms with van der Waals surface area (Å²) in [7, 11) is 0.886. The third-order valence-corrected chi connectivity index (χ3v) is 10.9. The van der Waals surface area contributed by atoms with Gasteiger partial charge in [0.25, 0.3) is 0 Å². The van der Waals surface area contributed by atoms with Crippen molar-refractivity contribution in [1.29, 1.82) is 0 Å². The molecule has 210 valence electrons. The first kappa shape index (κ1) is 25.1. The van der Waals surface area contributed by atoms with Crippen LogP contribution in [-0.4, -0.2) is 11.8 Å². The van der Waals surface area contributed by atoms with Crippen molar-refractivity contribution in [3.05, 3.63) is 139 Å². The number of nitrogens with zero attached hydrogens (tertiary/aromatic N) is 1. The van der Waals surface area contributed by atoms with E-state index in [9.17, 15) is 0 Å². The first-order valence-corrected chi connectivity index (χ1v) is 16.4. The minimum Gasteiger partial charge on any atom is -0.354 e. The molecule has 3 heterocycles. The molecule has 10 rings (SSSR count). The number of thiophene rings is 1. The second-order valence-corrected chi connectivity index (χ2v) is 13.3. The predicted octanol–water partition coefficient (Wildman–Crippen LogP) is 9.72. The highest BCUT2D eigenvalue weighted by Crippen LogP contribution is 2.46. The Balaban J connectivity index is 1.35. The quantitative estimate of drug-likeness (QED) is 0.203. The highest BCUT2D eigenvalue weighted by atomic mass is 32.1. The number of fused-ring (bicyclic) bond motifs is 10. The average molecular weight is 591 g/mol. The van der Waals surface area contributed by atoms with Gasteiger partial charge in [0.2, 0.25) is 0 Å². The summed E-state index contributed by atoms with van der Waals surface area (Å²) in [5.74, 6) is 0. The number of hydrogen-bond donors (Lipinski definition) is 1. The van der Waals surface area contributed by atoms with Gasteiger partial charge in [-0.3, -0.25) is 0 Å². The molecule has 1 aliphatic heterocycles. The zero-order valence-electron chi connectivity index (χ0n) is 24.8. The van der Waals surface area contributed by atoms with Gasteiger partial charge >= 0.3 is 0 Å². The summed E-state index contributed by atoms with van der Waals surface area (Å²) in [5, 5.41) is 11.8. The van der Waals surface area contributed by atoms with Gasteiger partial charge in [0, 0.05) is 54.1 Å². The fourth-order valence-corrected chi connectivity index (χ4v) is 8.89. The van der Waals surface area contributed by atoms with Crippen molar-refractivity contribution in [3.8, 4) is 16.8 Å². The highest BCUT2D eigenvalue weighted by Gasteiger charge is 2.28. The second kappa shape index (κ2) is 9.34. The first-order valence-electron chi connectivity index (χ1n) is 15.6. The smallest absolute Gasteiger partial charge is 0.198 e. The molecule has 1 N–H and O–H groups in total. The van der Waals surface area contributed by atoms with E-state index < -0.39 is 0 Å². The molecule has 0 saturated heterocycles. The van der Waals surface area contributed by atoms with Crippen molar-refractivity contribution < 1.29 is 0 Å². The van der Waals surface area contributed by atoms with Gasteiger partial charge in [0.05, 0.1) is 15.9 Å². The van der Waals surface area contributed by atoms with Crippen molar-refractivity contribution in [3.63, 3.8) is 0 Å². The van der Waals surface area contributed by atoms with Gasteiger partial charge < -0.3 is 9.88 Å². The molecule has 1 aliphatic rings. The Morgan fingerprint density at radius 2 is 1.38 bits per heavy atom. The van der Waals surface area contributed by atoms with E-state index in [1.807, 2.05) is 11.3 Å². The zero-order chi connectivity index (χ0) is 29.6. The molecule has 0 atom stereocenters. The molecule has 0 aliphatic carbocycles. The molecule has 0 bridgehead atoms. The summed E-state index contributed by atoms with van der Waals surface area (Å²) >= 11 is 1.88. The molecule has 0 spiro atoms. The monoisotopic (exact) mass is 590 g/mol. The summed E-state index contributed by atoms with van der Waals surface area (Å²) in [6, 6.07) is 49.2. The number of benzene rings is 7. The molecule has 2 nitrogen and oxygen atoms in total. The first-order chi connectivity index (χ1) is 22.2. The number of aryl methyl sites for hydroxylation is 1. The van der Waals surface area contributed by atoms with Gasteiger partial charge in [-0.1, -0.05) is 115 Å². The molecule has 9 aromatic rings. The molecule has 2 aromatic heterocycles. The minimum absolute atomic E-state index is 0.886. The van der Waals surface area contributed by atoms with Crippen LogP contribution in [0.2, 0.25) is 0 Å². The summed E-state index contributed by atoms with van der Waals surface area (Å²) in [5.41, 5.74) is 12.8.